The second-order valence-electron chi connectivity index (χ2n) is 4.40. The van der Waals surface area contributed by atoms with Gasteiger partial charge in [-0.2, -0.15) is 0 Å². The molecule has 0 saturated carbocycles. The number of Topliss-reactive ketones (excluding diaryl/α,β-unsaturated/α-hetero) is 1. The highest BCUT2D eigenvalue weighted by molar-refractivity contribution is 5.81. The molecule has 3 nitrogen and oxygen atoms in total. The van der Waals surface area contributed by atoms with E-state index in [2.05, 4.69) is 4.74 Å². The lowest BCUT2D eigenvalue weighted by atomic mass is 9.86. The van der Waals surface area contributed by atoms with Crippen LogP contribution in [0.3, 0.4) is 0 Å². The van der Waals surface area contributed by atoms with E-state index in [0.717, 1.165) is 12.8 Å². The molecule has 0 fully saturated rings. The van der Waals surface area contributed by atoms with Gasteiger partial charge in [-0.25, -0.2) is 4.79 Å². The van der Waals surface area contributed by atoms with E-state index in [1.165, 1.54) is 13.2 Å². The molecule has 0 radical (unpaired) electrons. The molecular weight excluding hydrogens is 192 g/mol. The van der Waals surface area contributed by atoms with E-state index in [1.807, 2.05) is 19.9 Å². The van der Waals surface area contributed by atoms with Crippen LogP contribution >= 0.6 is 0 Å². The molecule has 0 saturated heterocycles. The highest BCUT2D eigenvalue weighted by atomic mass is 16.5. The fraction of sp³-hybridized carbons (Fsp3) is 0.667. The van der Waals surface area contributed by atoms with Crippen molar-refractivity contribution >= 4 is 11.8 Å². The summed E-state index contributed by atoms with van der Waals surface area (Å²) >= 11 is 0. The third kappa shape index (κ3) is 7.91. The van der Waals surface area contributed by atoms with Crippen molar-refractivity contribution in [2.45, 2.75) is 40.0 Å². The average molecular weight is 212 g/mol. The molecule has 0 aliphatic carbocycles. The Morgan fingerprint density at radius 3 is 2.40 bits per heavy atom. The Morgan fingerprint density at radius 1 is 1.33 bits per heavy atom. The van der Waals surface area contributed by atoms with Gasteiger partial charge in [0, 0.05) is 12.5 Å². The highest BCUT2D eigenvalue weighted by Crippen LogP contribution is 2.24. The van der Waals surface area contributed by atoms with Crippen molar-refractivity contribution in [1.29, 1.82) is 0 Å². The quantitative estimate of drug-likeness (QED) is 0.502. The summed E-state index contributed by atoms with van der Waals surface area (Å²) < 4.78 is 4.51. The number of rotatable bonds is 6. The van der Waals surface area contributed by atoms with Crippen LogP contribution in [0.1, 0.15) is 40.0 Å². The number of hydrogen-bond acceptors (Lipinski definition) is 3. The van der Waals surface area contributed by atoms with Gasteiger partial charge in [-0.3, -0.25) is 0 Å². The van der Waals surface area contributed by atoms with Crippen LogP contribution in [0.25, 0.3) is 0 Å². The zero-order valence-corrected chi connectivity index (χ0v) is 10.0. The van der Waals surface area contributed by atoms with Crippen molar-refractivity contribution < 1.29 is 14.3 Å². The number of ether oxygens (including phenoxy) is 1. The van der Waals surface area contributed by atoms with Crippen LogP contribution < -0.4 is 0 Å². The summed E-state index contributed by atoms with van der Waals surface area (Å²) in [5, 5.41) is 0. The van der Waals surface area contributed by atoms with Gasteiger partial charge in [0.1, 0.15) is 5.78 Å². The smallest absolute Gasteiger partial charge is 0.330 e. The molecule has 3 heteroatoms. The lowest BCUT2D eigenvalue weighted by Crippen LogP contribution is -2.09. The first-order valence-corrected chi connectivity index (χ1v) is 5.14. The van der Waals surface area contributed by atoms with Crippen LogP contribution in [0.4, 0.5) is 0 Å². The molecule has 0 heterocycles. The summed E-state index contributed by atoms with van der Waals surface area (Å²) in [6.07, 6.45) is 5.62. The van der Waals surface area contributed by atoms with Crippen molar-refractivity contribution in [3.05, 3.63) is 12.2 Å². The Balaban J connectivity index is 4.01. The SMILES string of the molecule is COC(=O)C=CC(C)(C)CCCC(C)=O. The molecule has 0 amide bonds. The number of allylic oxidation sites excluding steroid dienone is 1. The molecule has 0 aromatic rings. The Kier molecular flexibility index (Phi) is 5.90. The second-order valence-corrected chi connectivity index (χ2v) is 4.40. The van der Waals surface area contributed by atoms with E-state index >= 15 is 0 Å². The summed E-state index contributed by atoms with van der Waals surface area (Å²) in [7, 11) is 1.36. The minimum atomic E-state index is -0.338. The molecule has 0 unspecified atom stereocenters. The largest absolute Gasteiger partial charge is 0.466 e. The highest BCUT2D eigenvalue weighted by Gasteiger charge is 2.14. The molecule has 0 atom stereocenters. The standard InChI is InChI=1S/C12H20O3/c1-10(13)6-5-8-12(2,3)9-7-11(14)15-4/h7,9H,5-6,8H2,1-4H3. The van der Waals surface area contributed by atoms with Crippen molar-refractivity contribution in [3.8, 4) is 0 Å². The van der Waals surface area contributed by atoms with E-state index in [0.29, 0.717) is 6.42 Å². The zero-order chi connectivity index (χ0) is 11.9. The van der Waals surface area contributed by atoms with Crippen LogP contribution in [0.15, 0.2) is 12.2 Å². The maximum atomic E-state index is 10.9. The van der Waals surface area contributed by atoms with Gasteiger partial charge in [0.2, 0.25) is 0 Å². The van der Waals surface area contributed by atoms with E-state index in [1.54, 1.807) is 6.92 Å². The zero-order valence-electron chi connectivity index (χ0n) is 10.0. The third-order valence-electron chi connectivity index (χ3n) is 2.22. The van der Waals surface area contributed by atoms with E-state index in [4.69, 9.17) is 0 Å². The number of hydrogen-bond donors (Lipinski definition) is 0. The normalized spacial score (nSPS) is 11.7. The second kappa shape index (κ2) is 6.38. The van der Waals surface area contributed by atoms with Gasteiger partial charge in [-0.15, -0.1) is 0 Å². The molecular formula is C12H20O3. The predicted molar refractivity (Wildman–Crippen MR) is 59.5 cm³/mol. The van der Waals surface area contributed by atoms with Crippen LogP contribution in [0.5, 0.6) is 0 Å². The molecule has 0 spiro atoms. The molecule has 0 rings (SSSR count). The molecule has 0 aromatic carbocycles. The van der Waals surface area contributed by atoms with Gasteiger partial charge in [-0.1, -0.05) is 19.9 Å². The summed E-state index contributed by atoms with van der Waals surface area (Å²) in [4.78, 5) is 21.6. The molecule has 0 aliphatic rings. The minimum Gasteiger partial charge on any atom is -0.466 e. The van der Waals surface area contributed by atoms with Crippen LogP contribution in [-0.2, 0) is 14.3 Å². The maximum absolute atomic E-state index is 10.9. The number of carbonyl (C=O) groups is 2. The van der Waals surface area contributed by atoms with Crippen LogP contribution in [-0.4, -0.2) is 18.9 Å². The van der Waals surface area contributed by atoms with Crippen molar-refractivity contribution in [2.24, 2.45) is 5.41 Å². The fourth-order valence-electron chi connectivity index (χ4n) is 1.24. The third-order valence-corrected chi connectivity index (χ3v) is 2.22. The number of esters is 1. The van der Waals surface area contributed by atoms with Crippen molar-refractivity contribution in [1.82, 2.24) is 0 Å². The van der Waals surface area contributed by atoms with Crippen LogP contribution in [0, 0.1) is 5.41 Å². The first kappa shape index (κ1) is 13.9. The Bertz CT molecular complexity index is 252. The van der Waals surface area contributed by atoms with Gasteiger partial charge < -0.3 is 9.53 Å². The molecule has 86 valence electrons. The topological polar surface area (TPSA) is 43.4 Å². The Morgan fingerprint density at radius 2 is 1.93 bits per heavy atom. The summed E-state index contributed by atoms with van der Waals surface area (Å²) in [5.41, 5.74) is -0.0658. The lowest BCUT2D eigenvalue weighted by molar-refractivity contribution is -0.134. The maximum Gasteiger partial charge on any atom is 0.330 e. The minimum absolute atomic E-state index is 0.0658. The Hall–Kier alpha value is -1.12. The average Bonchev–Trinajstić information content (AvgIpc) is 2.13. The fourth-order valence-corrected chi connectivity index (χ4v) is 1.24. The predicted octanol–water partition coefficient (Wildman–Crippen LogP) is 2.50. The number of ketones is 1. The Labute approximate surface area is 91.5 Å². The van der Waals surface area contributed by atoms with Gasteiger partial charge >= 0.3 is 5.97 Å². The van der Waals surface area contributed by atoms with Crippen molar-refractivity contribution in [3.63, 3.8) is 0 Å². The number of methoxy groups -OCH3 is 1. The number of carbonyl (C=O) groups excluding carboxylic acids is 2. The monoisotopic (exact) mass is 212 g/mol. The van der Waals surface area contributed by atoms with E-state index in [-0.39, 0.29) is 17.2 Å². The van der Waals surface area contributed by atoms with E-state index < -0.39 is 0 Å². The molecule has 0 bridgehead atoms. The van der Waals surface area contributed by atoms with Gasteiger partial charge in [0.25, 0.3) is 0 Å². The lowest BCUT2D eigenvalue weighted by Gasteiger charge is -2.19. The molecule has 15 heavy (non-hydrogen) atoms. The molecule has 0 aliphatic heterocycles. The summed E-state index contributed by atoms with van der Waals surface area (Å²) in [6.45, 7) is 5.66. The van der Waals surface area contributed by atoms with Crippen LogP contribution in [0.2, 0.25) is 0 Å². The van der Waals surface area contributed by atoms with Gasteiger partial charge in [-0.05, 0) is 25.2 Å². The van der Waals surface area contributed by atoms with Gasteiger partial charge in [0.05, 0.1) is 7.11 Å². The molecule has 0 N–H and O–H groups in total. The first-order chi connectivity index (χ1) is 6.87. The van der Waals surface area contributed by atoms with Crippen molar-refractivity contribution in [2.75, 3.05) is 7.11 Å². The summed E-state index contributed by atoms with van der Waals surface area (Å²) in [5.74, 6) is -0.127. The van der Waals surface area contributed by atoms with Gasteiger partial charge in [0.15, 0.2) is 0 Å². The first-order valence-electron chi connectivity index (χ1n) is 5.14. The molecule has 0 aromatic heterocycles. The van der Waals surface area contributed by atoms with E-state index in [9.17, 15) is 9.59 Å². The summed E-state index contributed by atoms with van der Waals surface area (Å²) in [6, 6.07) is 0.